The smallest absolute Gasteiger partial charge is 0.172 e. The lowest BCUT2D eigenvalue weighted by Gasteiger charge is -2.12. The standard InChI is InChI=1S/C17H16O3S2/c1-19-12-7-14(20-2)17-13(18)6-11-5-10(9-21)3-4-15(11)22-16(17)8-12/h3-5,7-8,21H,6,9H2,1-2H3. The van der Waals surface area contributed by atoms with Gasteiger partial charge in [0, 0.05) is 28.0 Å². The van der Waals surface area contributed by atoms with E-state index in [1.54, 1.807) is 32.0 Å². The quantitative estimate of drug-likeness (QED) is 0.861. The van der Waals surface area contributed by atoms with Crippen LogP contribution in [0.15, 0.2) is 40.1 Å². The molecule has 3 rings (SSSR count). The number of carbonyl (C=O) groups excluding carboxylic acids is 1. The lowest BCUT2D eigenvalue weighted by atomic mass is 10.0. The molecule has 0 bridgehead atoms. The Morgan fingerprint density at radius 2 is 1.95 bits per heavy atom. The molecule has 1 aliphatic heterocycles. The molecule has 0 fully saturated rings. The summed E-state index contributed by atoms with van der Waals surface area (Å²) < 4.78 is 10.7. The molecule has 0 aliphatic carbocycles. The van der Waals surface area contributed by atoms with Crippen molar-refractivity contribution in [2.24, 2.45) is 0 Å². The van der Waals surface area contributed by atoms with Crippen molar-refractivity contribution in [3.63, 3.8) is 0 Å². The first-order valence-corrected chi connectivity index (χ1v) is 8.31. The van der Waals surface area contributed by atoms with Crippen LogP contribution in [-0.4, -0.2) is 20.0 Å². The lowest BCUT2D eigenvalue weighted by molar-refractivity contribution is 0.0987. The van der Waals surface area contributed by atoms with Crippen molar-refractivity contribution in [1.29, 1.82) is 0 Å². The molecule has 2 aromatic carbocycles. The van der Waals surface area contributed by atoms with Crippen LogP contribution in [0.25, 0.3) is 0 Å². The van der Waals surface area contributed by atoms with Crippen molar-refractivity contribution in [2.75, 3.05) is 14.2 Å². The van der Waals surface area contributed by atoms with Crippen LogP contribution in [0.5, 0.6) is 11.5 Å². The molecule has 1 heterocycles. The fourth-order valence-electron chi connectivity index (χ4n) is 2.55. The number of fused-ring (bicyclic) bond motifs is 2. The van der Waals surface area contributed by atoms with E-state index in [4.69, 9.17) is 9.47 Å². The Balaban J connectivity index is 2.15. The third-order valence-corrected chi connectivity index (χ3v) is 5.18. The van der Waals surface area contributed by atoms with Gasteiger partial charge in [0.15, 0.2) is 5.78 Å². The van der Waals surface area contributed by atoms with Gasteiger partial charge in [0.2, 0.25) is 0 Å². The number of carbonyl (C=O) groups is 1. The van der Waals surface area contributed by atoms with Crippen molar-refractivity contribution in [2.45, 2.75) is 22.0 Å². The van der Waals surface area contributed by atoms with Crippen molar-refractivity contribution in [3.8, 4) is 11.5 Å². The van der Waals surface area contributed by atoms with E-state index in [1.165, 1.54) is 0 Å². The van der Waals surface area contributed by atoms with Crippen LogP contribution in [0.3, 0.4) is 0 Å². The Morgan fingerprint density at radius 3 is 2.64 bits per heavy atom. The number of hydrogen-bond acceptors (Lipinski definition) is 5. The predicted octanol–water partition coefficient (Wildman–Crippen LogP) is 4.02. The van der Waals surface area contributed by atoms with Crippen LogP contribution in [-0.2, 0) is 12.2 Å². The third-order valence-electron chi connectivity index (χ3n) is 3.65. The van der Waals surface area contributed by atoms with Crippen LogP contribution in [0.4, 0.5) is 0 Å². The van der Waals surface area contributed by atoms with Gasteiger partial charge in [-0.2, -0.15) is 12.6 Å². The molecule has 0 radical (unpaired) electrons. The zero-order valence-electron chi connectivity index (χ0n) is 12.4. The molecular formula is C17H16O3S2. The van der Waals surface area contributed by atoms with Crippen LogP contribution >= 0.6 is 24.4 Å². The average molecular weight is 332 g/mol. The normalized spacial score (nSPS) is 13.1. The van der Waals surface area contributed by atoms with Crippen molar-refractivity contribution >= 4 is 30.2 Å². The summed E-state index contributed by atoms with van der Waals surface area (Å²) in [6.45, 7) is 0. The summed E-state index contributed by atoms with van der Waals surface area (Å²) in [7, 11) is 3.18. The molecule has 0 saturated heterocycles. The van der Waals surface area contributed by atoms with Gasteiger partial charge < -0.3 is 9.47 Å². The summed E-state index contributed by atoms with van der Waals surface area (Å²) >= 11 is 5.89. The Morgan fingerprint density at radius 1 is 1.14 bits per heavy atom. The Hall–Kier alpha value is -1.59. The van der Waals surface area contributed by atoms with Gasteiger partial charge in [-0.1, -0.05) is 23.9 Å². The number of thiol groups is 1. The van der Waals surface area contributed by atoms with Gasteiger partial charge >= 0.3 is 0 Å². The summed E-state index contributed by atoms with van der Waals surface area (Å²) in [4.78, 5) is 14.7. The number of benzene rings is 2. The summed E-state index contributed by atoms with van der Waals surface area (Å²) in [6, 6.07) is 9.81. The fourth-order valence-corrected chi connectivity index (χ4v) is 3.87. The Bertz CT molecular complexity index is 741. The summed E-state index contributed by atoms with van der Waals surface area (Å²) in [6.07, 6.45) is 0.375. The van der Waals surface area contributed by atoms with Crippen molar-refractivity contribution in [3.05, 3.63) is 47.0 Å². The van der Waals surface area contributed by atoms with Crippen LogP contribution < -0.4 is 9.47 Å². The molecule has 0 amide bonds. The first-order valence-electron chi connectivity index (χ1n) is 6.86. The van der Waals surface area contributed by atoms with Crippen LogP contribution in [0.2, 0.25) is 0 Å². The molecule has 1 aliphatic rings. The Labute approximate surface area is 139 Å². The van der Waals surface area contributed by atoms with E-state index >= 15 is 0 Å². The van der Waals surface area contributed by atoms with Gasteiger partial charge in [-0.25, -0.2) is 0 Å². The molecular weight excluding hydrogens is 316 g/mol. The highest BCUT2D eigenvalue weighted by Gasteiger charge is 2.25. The van der Waals surface area contributed by atoms with Crippen LogP contribution in [0, 0.1) is 0 Å². The van der Waals surface area contributed by atoms with E-state index in [0.29, 0.717) is 29.2 Å². The second-order valence-electron chi connectivity index (χ2n) is 5.00. The van der Waals surface area contributed by atoms with E-state index in [9.17, 15) is 4.79 Å². The van der Waals surface area contributed by atoms with Gasteiger partial charge in [0.25, 0.3) is 0 Å². The molecule has 0 saturated carbocycles. The lowest BCUT2D eigenvalue weighted by Crippen LogP contribution is -2.06. The van der Waals surface area contributed by atoms with Crippen LogP contribution in [0.1, 0.15) is 21.5 Å². The molecule has 0 atom stereocenters. The highest BCUT2D eigenvalue weighted by atomic mass is 32.2. The summed E-state index contributed by atoms with van der Waals surface area (Å²) in [5, 5.41) is 0. The highest BCUT2D eigenvalue weighted by Crippen LogP contribution is 2.43. The van der Waals surface area contributed by atoms with Crippen molar-refractivity contribution in [1.82, 2.24) is 0 Å². The number of hydrogen-bond donors (Lipinski definition) is 1. The van der Waals surface area contributed by atoms with Gasteiger partial charge in [-0.15, -0.1) is 0 Å². The minimum atomic E-state index is 0.0667. The van der Waals surface area contributed by atoms with E-state index < -0.39 is 0 Å². The maximum atomic E-state index is 12.7. The zero-order valence-corrected chi connectivity index (χ0v) is 14.1. The molecule has 0 spiro atoms. The number of Topliss-reactive ketones (excluding diaryl/α,β-unsaturated/α-hetero) is 1. The average Bonchev–Trinajstić information content (AvgIpc) is 2.68. The van der Waals surface area contributed by atoms with Gasteiger partial charge in [-0.3, -0.25) is 4.79 Å². The SMILES string of the molecule is COc1cc(OC)c2c(c1)Sc1ccc(CS)cc1CC2=O. The number of ether oxygens (including phenoxy) is 2. The molecule has 22 heavy (non-hydrogen) atoms. The topological polar surface area (TPSA) is 35.5 Å². The number of rotatable bonds is 3. The second kappa shape index (κ2) is 6.26. The highest BCUT2D eigenvalue weighted by molar-refractivity contribution is 7.99. The van der Waals surface area contributed by atoms with E-state index in [1.807, 2.05) is 12.1 Å². The maximum absolute atomic E-state index is 12.7. The predicted molar refractivity (Wildman–Crippen MR) is 90.8 cm³/mol. The largest absolute Gasteiger partial charge is 0.497 e. The number of ketones is 1. The Kier molecular flexibility index (Phi) is 4.36. The van der Waals surface area contributed by atoms with Gasteiger partial charge in [-0.05, 0) is 23.3 Å². The van der Waals surface area contributed by atoms with E-state index in [-0.39, 0.29) is 5.78 Å². The minimum Gasteiger partial charge on any atom is -0.497 e. The summed E-state index contributed by atoms with van der Waals surface area (Å²) in [5.74, 6) is 1.98. The molecule has 0 aromatic heterocycles. The number of methoxy groups -OCH3 is 2. The molecule has 0 unspecified atom stereocenters. The molecule has 2 aromatic rings. The molecule has 0 N–H and O–H groups in total. The van der Waals surface area contributed by atoms with E-state index in [0.717, 1.165) is 20.9 Å². The van der Waals surface area contributed by atoms with Gasteiger partial charge in [0.1, 0.15) is 11.5 Å². The molecule has 5 heteroatoms. The molecule has 3 nitrogen and oxygen atoms in total. The zero-order chi connectivity index (χ0) is 15.7. The van der Waals surface area contributed by atoms with Gasteiger partial charge in [0.05, 0.1) is 19.8 Å². The fraction of sp³-hybridized carbons (Fsp3) is 0.235. The maximum Gasteiger partial charge on any atom is 0.172 e. The molecule has 114 valence electrons. The summed E-state index contributed by atoms with van der Waals surface area (Å²) in [5.41, 5.74) is 2.79. The third kappa shape index (κ3) is 2.71. The van der Waals surface area contributed by atoms with E-state index in [2.05, 4.69) is 24.8 Å². The van der Waals surface area contributed by atoms with Crippen molar-refractivity contribution < 1.29 is 14.3 Å². The first kappa shape index (κ1) is 15.3. The minimum absolute atomic E-state index is 0.0667. The second-order valence-corrected chi connectivity index (χ2v) is 6.41. The first-order chi connectivity index (χ1) is 10.7. The monoisotopic (exact) mass is 332 g/mol.